The largest absolute Gasteiger partial charge is 0.393 e. The fourth-order valence-corrected chi connectivity index (χ4v) is 3.84. The Morgan fingerprint density at radius 2 is 1.96 bits per heavy atom. The number of nitrogens with one attached hydrogen (secondary N) is 1. The van der Waals surface area contributed by atoms with Crippen LogP contribution >= 0.6 is 0 Å². The molecular weight excluding hydrogens is 354 g/mol. The van der Waals surface area contributed by atoms with Gasteiger partial charge in [-0.25, -0.2) is 0 Å². The Kier molecular flexibility index (Phi) is 5.21. The topological polar surface area (TPSA) is 84.2 Å². The van der Waals surface area contributed by atoms with E-state index in [1.165, 1.54) is 6.07 Å². The minimum atomic E-state index is -0.281. The van der Waals surface area contributed by atoms with Crippen LogP contribution in [0.4, 0.5) is 0 Å². The average molecular weight is 377 g/mol. The summed E-state index contributed by atoms with van der Waals surface area (Å²) >= 11 is 0. The lowest BCUT2D eigenvalue weighted by Gasteiger charge is -2.38. The summed E-state index contributed by atoms with van der Waals surface area (Å²) in [7, 11) is 0. The first-order valence-electron chi connectivity index (χ1n) is 9.55. The van der Waals surface area contributed by atoms with E-state index < -0.39 is 0 Å². The zero-order chi connectivity index (χ0) is 19.5. The molecule has 1 aliphatic carbocycles. The number of aromatic nitrogens is 2. The SMILES string of the molecule is O=C(Cn1ccc(=O)c2ccccc21)N[C@@H](Cc1ccccn1)C1CC(O)C1. The number of pyridine rings is 2. The van der Waals surface area contributed by atoms with E-state index in [9.17, 15) is 14.7 Å². The quantitative estimate of drug-likeness (QED) is 0.687. The molecule has 1 atom stereocenters. The number of fused-ring (bicyclic) bond motifs is 1. The molecule has 6 nitrogen and oxygen atoms in total. The van der Waals surface area contributed by atoms with Gasteiger partial charge in [0.25, 0.3) is 0 Å². The molecule has 1 aliphatic rings. The van der Waals surface area contributed by atoms with E-state index in [0.717, 1.165) is 11.2 Å². The van der Waals surface area contributed by atoms with Gasteiger partial charge in [-0.05, 0) is 43.0 Å². The smallest absolute Gasteiger partial charge is 0.240 e. The van der Waals surface area contributed by atoms with Gasteiger partial charge in [0, 0.05) is 42.0 Å². The van der Waals surface area contributed by atoms with Gasteiger partial charge in [-0.2, -0.15) is 0 Å². The molecule has 144 valence electrons. The second kappa shape index (κ2) is 7.94. The molecule has 1 fully saturated rings. The number of aliphatic hydroxyl groups is 1. The van der Waals surface area contributed by atoms with Crippen molar-refractivity contribution in [2.75, 3.05) is 0 Å². The number of benzene rings is 1. The highest BCUT2D eigenvalue weighted by atomic mass is 16.3. The lowest BCUT2D eigenvalue weighted by molar-refractivity contribution is -0.123. The van der Waals surface area contributed by atoms with Gasteiger partial charge < -0.3 is 15.0 Å². The Labute approximate surface area is 162 Å². The third-order valence-corrected chi connectivity index (χ3v) is 5.42. The molecule has 2 N–H and O–H groups in total. The van der Waals surface area contributed by atoms with Gasteiger partial charge in [-0.1, -0.05) is 18.2 Å². The summed E-state index contributed by atoms with van der Waals surface area (Å²) < 4.78 is 1.79. The molecule has 1 saturated carbocycles. The average Bonchev–Trinajstić information content (AvgIpc) is 2.68. The molecule has 28 heavy (non-hydrogen) atoms. The number of rotatable bonds is 6. The minimum absolute atomic E-state index is 0.0521. The molecule has 1 aromatic carbocycles. The van der Waals surface area contributed by atoms with Gasteiger partial charge in [0.15, 0.2) is 5.43 Å². The summed E-state index contributed by atoms with van der Waals surface area (Å²) in [4.78, 5) is 29.2. The summed E-state index contributed by atoms with van der Waals surface area (Å²) in [5.74, 6) is 0.128. The van der Waals surface area contributed by atoms with Crippen molar-refractivity contribution in [3.8, 4) is 0 Å². The van der Waals surface area contributed by atoms with Crippen LogP contribution in [0.15, 0.2) is 65.7 Å². The van der Waals surface area contributed by atoms with Crippen LogP contribution in [0.3, 0.4) is 0 Å². The summed E-state index contributed by atoms with van der Waals surface area (Å²) in [5, 5.41) is 13.4. The Morgan fingerprint density at radius 1 is 1.18 bits per heavy atom. The van der Waals surface area contributed by atoms with Crippen molar-refractivity contribution in [2.45, 2.75) is 38.0 Å². The highest BCUT2D eigenvalue weighted by Gasteiger charge is 2.35. The number of carbonyl (C=O) groups is 1. The maximum absolute atomic E-state index is 12.8. The van der Waals surface area contributed by atoms with Crippen LogP contribution in [-0.4, -0.2) is 32.7 Å². The third-order valence-electron chi connectivity index (χ3n) is 5.42. The fraction of sp³-hybridized carbons (Fsp3) is 0.318. The standard InChI is InChI=1S/C22H23N3O3/c26-17-11-15(12-17)19(13-16-5-3-4-9-23-16)24-22(28)14-25-10-8-21(27)18-6-1-2-7-20(18)25/h1-10,15,17,19,26H,11-14H2,(H,24,28)/t15?,17?,19-/m0/s1. The van der Waals surface area contributed by atoms with Crippen LogP contribution in [0, 0.1) is 5.92 Å². The van der Waals surface area contributed by atoms with Crippen molar-refractivity contribution in [3.63, 3.8) is 0 Å². The molecule has 4 rings (SSSR count). The van der Waals surface area contributed by atoms with Crippen molar-refractivity contribution >= 4 is 16.8 Å². The summed E-state index contributed by atoms with van der Waals surface area (Å²) in [6.45, 7) is 0.134. The van der Waals surface area contributed by atoms with Crippen LogP contribution in [0.25, 0.3) is 10.9 Å². The minimum Gasteiger partial charge on any atom is -0.393 e. The fourth-order valence-electron chi connectivity index (χ4n) is 3.84. The molecule has 2 heterocycles. The van der Waals surface area contributed by atoms with Gasteiger partial charge >= 0.3 is 0 Å². The van der Waals surface area contributed by atoms with Gasteiger partial charge in [-0.3, -0.25) is 14.6 Å². The van der Waals surface area contributed by atoms with Crippen molar-refractivity contribution in [1.82, 2.24) is 14.9 Å². The van der Waals surface area contributed by atoms with Crippen molar-refractivity contribution in [2.24, 2.45) is 5.92 Å². The highest BCUT2D eigenvalue weighted by molar-refractivity contribution is 5.82. The second-order valence-electron chi connectivity index (χ2n) is 7.41. The Morgan fingerprint density at radius 3 is 2.71 bits per heavy atom. The van der Waals surface area contributed by atoms with Crippen LogP contribution in [0.2, 0.25) is 0 Å². The summed E-state index contributed by atoms with van der Waals surface area (Å²) in [6.07, 6.45) is 5.14. The van der Waals surface area contributed by atoms with E-state index in [-0.39, 0.29) is 35.9 Å². The zero-order valence-corrected chi connectivity index (χ0v) is 15.5. The first-order chi connectivity index (χ1) is 13.6. The molecule has 0 bridgehead atoms. The Bertz CT molecular complexity index is 1030. The number of carbonyl (C=O) groups excluding carboxylic acids is 1. The maximum atomic E-state index is 12.8. The molecule has 0 aliphatic heterocycles. The molecule has 0 saturated heterocycles. The lowest BCUT2D eigenvalue weighted by atomic mass is 9.76. The van der Waals surface area contributed by atoms with E-state index in [2.05, 4.69) is 10.3 Å². The number of amides is 1. The van der Waals surface area contributed by atoms with Gasteiger partial charge in [0.1, 0.15) is 6.54 Å². The molecule has 3 aromatic rings. The van der Waals surface area contributed by atoms with Crippen LogP contribution in [0.5, 0.6) is 0 Å². The summed E-state index contributed by atoms with van der Waals surface area (Å²) in [5.41, 5.74) is 1.61. The third kappa shape index (κ3) is 3.97. The van der Waals surface area contributed by atoms with Crippen LogP contribution in [-0.2, 0) is 17.8 Å². The van der Waals surface area contributed by atoms with E-state index >= 15 is 0 Å². The molecule has 2 aromatic heterocycles. The van der Waals surface area contributed by atoms with E-state index in [4.69, 9.17) is 0 Å². The van der Waals surface area contributed by atoms with Crippen molar-refractivity contribution < 1.29 is 9.90 Å². The summed E-state index contributed by atoms with van der Waals surface area (Å²) in [6, 6.07) is 14.5. The molecule has 0 unspecified atom stereocenters. The normalized spacial score (nSPS) is 19.8. The van der Waals surface area contributed by atoms with Crippen LogP contribution < -0.4 is 10.7 Å². The number of hydrogen-bond acceptors (Lipinski definition) is 4. The Hall–Kier alpha value is -2.99. The predicted molar refractivity (Wildman–Crippen MR) is 107 cm³/mol. The molecule has 0 radical (unpaired) electrons. The van der Waals surface area contributed by atoms with Gasteiger partial charge in [0.2, 0.25) is 5.91 Å². The van der Waals surface area contributed by atoms with E-state index in [1.54, 1.807) is 23.0 Å². The van der Waals surface area contributed by atoms with Gasteiger partial charge in [-0.15, -0.1) is 0 Å². The zero-order valence-electron chi connectivity index (χ0n) is 15.5. The molecule has 1 amide bonds. The van der Waals surface area contributed by atoms with Crippen molar-refractivity contribution in [1.29, 1.82) is 0 Å². The number of hydrogen-bond donors (Lipinski definition) is 2. The lowest BCUT2D eigenvalue weighted by Crippen LogP contribution is -2.49. The van der Waals surface area contributed by atoms with Gasteiger partial charge in [0.05, 0.1) is 11.6 Å². The second-order valence-corrected chi connectivity index (χ2v) is 7.41. The monoisotopic (exact) mass is 377 g/mol. The highest BCUT2D eigenvalue weighted by Crippen LogP contribution is 2.31. The molecule has 6 heteroatoms. The Balaban J connectivity index is 1.50. The van der Waals surface area contributed by atoms with Crippen molar-refractivity contribution in [3.05, 3.63) is 76.8 Å². The first-order valence-corrected chi connectivity index (χ1v) is 9.55. The maximum Gasteiger partial charge on any atom is 0.240 e. The predicted octanol–water partition coefficient (Wildman–Crippen LogP) is 1.89. The van der Waals surface area contributed by atoms with E-state index in [1.807, 2.05) is 36.4 Å². The molecule has 0 spiro atoms. The number of para-hydroxylation sites is 1. The van der Waals surface area contributed by atoms with E-state index in [0.29, 0.717) is 24.6 Å². The molecular formula is C22H23N3O3. The van der Waals surface area contributed by atoms with Crippen LogP contribution in [0.1, 0.15) is 18.5 Å². The first kappa shape index (κ1) is 18.4. The number of aliphatic hydroxyl groups excluding tert-OH is 1. The number of nitrogens with zero attached hydrogens (tertiary/aromatic N) is 2.